The molecule has 2 aromatic rings. The first-order chi connectivity index (χ1) is 9.98. The maximum absolute atomic E-state index is 6.03. The van der Waals surface area contributed by atoms with Gasteiger partial charge >= 0.3 is 0 Å². The average molecular weight is 307 g/mol. The molecule has 6 nitrogen and oxygen atoms in total. The summed E-state index contributed by atoms with van der Waals surface area (Å²) < 4.78 is 12.3. The number of nitrogens with zero attached hydrogens (tertiary/aromatic N) is 5. The molecule has 114 valence electrons. The van der Waals surface area contributed by atoms with Gasteiger partial charge in [0.1, 0.15) is 11.4 Å². The lowest BCUT2D eigenvalue weighted by Crippen LogP contribution is -2.48. The molecule has 3 rings (SSSR count). The molecule has 3 heterocycles. The van der Waals surface area contributed by atoms with Crippen LogP contribution in [-0.2, 0) is 17.4 Å². The smallest absolute Gasteiger partial charge is 0.205 e. The highest BCUT2D eigenvalue weighted by Gasteiger charge is 2.36. The lowest BCUT2D eigenvalue weighted by Gasteiger charge is -2.39. The van der Waals surface area contributed by atoms with Crippen LogP contribution in [0.25, 0.3) is 0 Å². The lowest BCUT2D eigenvalue weighted by atomic mass is 9.97. The van der Waals surface area contributed by atoms with Crippen LogP contribution < -0.4 is 4.90 Å². The van der Waals surface area contributed by atoms with Gasteiger partial charge in [-0.1, -0.05) is 13.8 Å². The van der Waals surface area contributed by atoms with Gasteiger partial charge in [0.2, 0.25) is 5.13 Å². The molecule has 7 heteroatoms. The van der Waals surface area contributed by atoms with Crippen LogP contribution in [0.1, 0.15) is 38.1 Å². The molecule has 1 aliphatic heterocycles. The predicted molar refractivity (Wildman–Crippen MR) is 82.7 cm³/mol. The first-order valence-corrected chi connectivity index (χ1v) is 7.97. The van der Waals surface area contributed by atoms with Crippen molar-refractivity contribution in [3.05, 3.63) is 23.8 Å². The van der Waals surface area contributed by atoms with Gasteiger partial charge in [0.15, 0.2) is 0 Å². The van der Waals surface area contributed by atoms with Crippen LogP contribution in [-0.4, -0.2) is 38.8 Å². The Morgan fingerprint density at radius 2 is 2.24 bits per heavy atom. The van der Waals surface area contributed by atoms with E-state index in [1.165, 1.54) is 11.5 Å². The summed E-state index contributed by atoms with van der Waals surface area (Å²) in [5, 5.41) is 5.24. The summed E-state index contributed by atoms with van der Waals surface area (Å²) in [4.78, 5) is 6.92. The van der Waals surface area contributed by atoms with E-state index in [4.69, 9.17) is 4.74 Å². The Bertz CT molecular complexity index is 622. The first kappa shape index (κ1) is 14.5. The van der Waals surface area contributed by atoms with Crippen molar-refractivity contribution in [3.8, 4) is 0 Å². The van der Waals surface area contributed by atoms with E-state index in [-0.39, 0.29) is 5.60 Å². The molecule has 0 amide bonds. The van der Waals surface area contributed by atoms with Crippen molar-refractivity contribution in [2.24, 2.45) is 7.05 Å². The van der Waals surface area contributed by atoms with Crippen LogP contribution in [0, 0.1) is 0 Å². The van der Waals surface area contributed by atoms with Crippen molar-refractivity contribution in [3.63, 3.8) is 0 Å². The summed E-state index contributed by atoms with van der Waals surface area (Å²) in [5.74, 6) is 1.28. The highest BCUT2D eigenvalue weighted by atomic mass is 32.1. The zero-order valence-corrected chi connectivity index (χ0v) is 13.7. The second kappa shape index (κ2) is 5.38. The fourth-order valence-electron chi connectivity index (χ4n) is 2.49. The molecular weight excluding hydrogens is 286 g/mol. The summed E-state index contributed by atoms with van der Waals surface area (Å²) in [5.41, 5.74) is 0.749. The molecule has 1 atom stereocenters. The Kier molecular flexibility index (Phi) is 3.71. The number of morpholine rings is 1. The van der Waals surface area contributed by atoms with Gasteiger partial charge in [0.25, 0.3) is 0 Å². The summed E-state index contributed by atoms with van der Waals surface area (Å²) in [6.07, 6.45) is 3.90. The van der Waals surface area contributed by atoms with Crippen LogP contribution >= 0.6 is 11.5 Å². The van der Waals surface area contributed by atoms with Crippen molar-refractivity contribution in [2.75, 3.05) is 24.6 Å². The molecule has 21 heavy (non-hydrogen) atoms. The summed E-state index contributed by atoms with van der Waals surface area (Å²) in [6, 6.07) is 0. The third-order valence-corrected chi connectivity index (χ3v) is 4.60. The second-order valence-corrected chi connectivity index (χ2v) is 6.72. The van der Waals surface area contributed by atoms with Crippen LogP contribution in [0.2, 0.25) is 0 Å². The zero-order chi connectivity index (χ0) is 15.0. The molecule has 0 radical (unpaired) electrons. The standard InChI is InChI=1S/C14H21N5OS/c1-10(2)12-16-13(21-17-12)19-5-6-20-14(3,9-19)11-7-15-18(4)8-11/h7-8,10H,5-6,9H2,1-4H3. The molecular formula is C14H21N5OS. The van der Waals surface area contributed by atoms with Crippen molar-refractivity contribution in [1.29, 1.82) is 0 Å². The van der Waals surface area contributed by atoms with E-state index in [2.05, 4.69) is 40.1 Å². The normalized spacial score (nSPS) is 23.0. The SMILES string of the molecule is CC(C)c1nsc(N2CCOC(C)(c3cnn(C)c3)C2)n1. The third-order valence-electron chi connectivity index (χ3n) is 3.81. The molecule has 0 saturated carbocycles. The Morgan fingerprint density at radius 1 is 1.43 bits per heavy atom. The quantitative estimate of drug-likeness (QED) is 0.869. The lowest BCUT2D eigenvalue weighted by molar-refractivity contribution is -0.0466. The van der Waals surface area contributed by atoms with E-state index in [0.717, 1.165) is 29.6 Å². The number of aryl methyl sites for hydroxylation is 1. The maximum atomic E-state index is 6.03. The minimum absolute atomic E-state index is 0.351. The summed E-state index contributed by atoms with van der Waals surface area (Å²) in [7, 11) is 1.92. The van der Waals surface area contributed by atoms with E-state index in [1.807, 2.05) is 24.1 Å². The monoisotopic (exact) mass is 307 g/mol. The van der Waals surface area contributed by atoms with E-state index in [9.17, 15) is 0 Å². The predicted octanol–water partition coefficient (Wildman–Crippen LogP) is 2.15. The van der Waals surface area contributed by atoms with E-state index < -0.39 is 0 Å². The van der Waals surface area contributed by atoms with Gasteiger partial charge in [-0.3, -0.25) is 4.68 Å². The molecule has 2 aromatic heterocycles. The molecule has 0 spiro atoms. The molecule has 0 bridgehead atoms. The highest BCUT2D eigenvalue weighted by molar-refractivity contribution is 7.09. The van der Waals surface area contributed by atoms with Crippen LogP contribution in [0.3, 0.4) is 0 Å². The number of anilines is 1. The summed E-state index contributed by atoms with van der Waals surface area (Å²) in [6.45, 7) is 8.65. The second-order valence-electron chi connectivity index (χ2n) is 5.99. The Balaban J connectivity index is 1.81. The van der Waals surface area contributed by atoms with E-state index in [1.54, 1.807) is 0 Å². The number of hydrogen-bond acceptors (Lipinski definition) is 6. The number of rotatable bonds is 3. The Morgan fingerprint density at radius 3 is 2.86 bits per heavy atom. The molecule has 1 unspecified atom stereocenters. The van der Waals surface area contributed by atoms with Gasteiger partial charge < -0.3 is 9.64 Å². The number of ether oxygens (including phenoxy) is 1. The van der Waals surface area contributed by atoms with Crippen molar-refractivity contribution in [1.82, 2.24) is 19.1 Å². The topological polar surface area (TPSA) is 56.1 Å². The van der Waals surface area contributed by atoms with Gasteiger partial charge in [-0.15, -0.1) is 0 Å². The van der Waals surface area contributed by atoms with Crippen LogP contribution in [0.5, 0.6) is 0 Å². The van der Waals surface area contributed by atoms with Gasteiger partial charge in [-0.25, -0.2) is 4.98 Å². The molecule has 1 fully saturated rings. The third kappa shape index (κ3) is 2.80. The average Bonchev–Trinajstić information content (AvgIpc) is 3.07. The van der Waals surface area contributed by atoms with Gasteiger partial charge in [-0.05, 0) is 6.92 Å². The van der Waals surface area contributed by atoms with Crippen molar-refractivity contribution < 1.29 is 4.74 Å². The molecule has 1 saturated heterocycles. The van der Waals surface area contributed by atoms with Crippen LogP contribution in [0.4, 0.5) is 5.13 Å². The minimum atomic E-state index is -0.351. The molecule has 0 N–H and O–H groups in total. The summed E-state index contributed by atoms with van der Waals surface area (Å²) >= 11 is 1.47. The fraction of sp³-hybridized carbons (Fsp3) is 0.643. The van der Waals surface area contributed by atoms with Crippen LogP contribution in [0.15, 0.2) is 12.4 Å². The number of aromatic nitrogens is 4. The van der Waals surface area contributed by atoms with Gasteiger partial charge in [0, 0.05) is 42.8 Å². The fourth-order valence-corrected chi connectivity index (χ4v) is 3.32. The molecule has 0 aromatic carbocycles. The maximum Gasteiger partial charge on any atom is 0.205 e. The van der Waals surface area contributed by atoms with E-state index in [0.29, 0.717) is 12.5 Å². The number of hydrogen-bond donors (Lipinski definition) is 0. The van der Waals surface area contributed by atoms with Crippen molar-refractivity contribution in [2.45, 2.75) is 32.3 Å². The van der Waals surface area contributed by atoms with E-state index >= 15 is 0 Å². The molecule has 0 aliphatic carbocycles. The zero-order valence-electron chi connectivity index (χ0n) is 12.9. The van der Waals surface area contributed by atoms with Gasteiger partial charge in [-0.2, -0.15) is 9.47 Å². The Hall–Kier alpha value is -1.47. The largest absolute Gasteiger partial charge is 0.367 e. The van der Waals surface area contributed by atoms with Gasteiger partial charge in [0.05, 0.1) is 19.3 Å². The molecule has 1 aliphatic rings. The Labute approximate surface area is 128 Å². The first-order valence-electron chi connectivity index (χ1n) is 7.19. The highest BCUT2D eigenvalue weighted by Crippen LogP contribution is 2.32. The minimum Gasteiger partial charge on any atom is -0.367 e. The van der Waals surface area contributed by atoms with Crippen molar-refractivity contribution >= 4 is 16.7 Å².